The van der Waals surface area contributed by atoms with Crippen LogP contribution in [0.5, 0.6) is 0 Å². The minimum absolute atomic E-state index is 0.417. The molecular formula is C4H5F2NO. The zero-order chi connectivity index (χ0) is 6.41. The molecule has 0 amide bonds. The Morgan fingerprint density at radius 2 is 2.38 bits per heavy atom. The van der Waals surface area contributed by atoms with Gasteiger partial charge >= 0.3 is 0 Å². The first-order valence-electron chi connectivity index (χ1n) is 2.05. The number of hydrogen-bond donors (Lipinski definition) is 0. The van der Waals surface area contributed by atoms with E-state index in [4.69, 9.17) is 0 Å². The van der Waals surface area contributed by atoms with Crippen molar-refractivity contribution in [3.05, 3.63) is 0 Å². The van der Waals surface area contributed by atoms with Crippen LogP contribution in [0.15, 0.2) is 4.99 Å². The van der Waals surface area contributed by atoms with Gasteiger partial charge in [0.25, 0.3) is 0 Å². The molecule has 1 atom stereocenters. The Morgan fingerprint density at radius 3 is 2.75 bits per heavy atom. The Balaban J connectivity index is 3.23. The lowest BCUT2D eigenvalue weighted by Crippen LogP contribution is -2.05. The van der Waals surface area contributed by atoms with Gasteiger partial charge in [-0.1, -0.05) is 0 Å². The molecule has 0 aromatic rings. The standard InChI is InChI=1S/C4H5F2NO/c5-1-4(6)2-7-3-8/h4H,1-2H2. The van der Waals surface area contributed by atoms with Crippen LogP contribution in [0.1, 0.15) is 0 Å². The lowest BCUT2D eigenvalue weighted by Gasteiger charge is -1.91. The minimum Gasteiger partial charge on any atom is -0.248 e. The van der Waals surface area contributed by atoms with Gasteiger partial charge in [0, 0.05) is 0 Å². The summed E-state index contributed by atoms with van der Waals surface area (Å²) >= 11 is 0. The molecule has 0 fully saturated rings. The van der Waals surface area contributed by atoms with Crippen LogP contribution in [0.25, 0.3) is 0 Å². The SMILES string of the molecule is O=C=NCC(F)CF. The summed E-state index contributed by atoms with van der Waals surface area (Å²) < 4.78 is 22.8. The molecule has 0 aliphatic rings. The quantitative estimate of drug-likeness (QED) is 0.397. The van der Waals surface area contributed by atoms with Gasteiger partial charge in [0.15, 0.2) is 0 Å². The van der Waals surface area contributed by atoms with Crippen molar-refractivity contribution in [1.82, 2.24) is 0 Å². The average molecular weight is 121 g/mol. The number of aliphatic imine (C=N–C) groups is 1. The topological polar surface area (TPSA) is 29.4 Å². The van der Waals surface area contributed by atoms with E-state index < -0.39 is 19.4 Å². The van der Waals surface area contributed by atoms with Crippen LogP contribution in [0.4, 0.5) is 8.78 Å². The first-order chi connectivity index (χ1) is 3.81. The van der Waals surface area contributed by atoms with Gasteiger partial charge in [0.2, 0.25) is 6.08 Å². The summed E-state index contributed by atoms with van der Waals surface area (Å²) in [5.74, 6) is 0. The predicted octanol–water partition coefficient (Wildman–Crippen LogP) is 0.630. The molecule has 4 heteroatoms. The Hall–Kier alpha value is -0.760. The van der Waals surface area contributed by atoms with Gasteiger partial charge in [-0.3, -0.25) is 0 Å². The van der Waals surface area contributed by atoms with Crippen LogP contribution in [-0.4, -0.2) is 25.5 Å². The Morgan fingerprint density at radius 1 is 1.75 bits per heavy atom. The Bertz CT molecular complexity index is 100. The number of rotatable bonds is 3. The molecule has 46 valence electrons. The molecule has 0 aromatic carbocycles. The van der Waals surface area contributed by atoms with Crippen molar-refractivity contribution in [2.24, 2.45) is 4.99 Å². The van der Waals surface area contributed by atoms with Gasteiger partial charge in [0.1, 0.15) is 12.8 Å². The van der Waals surface area contributed by atoms with Gasteiger partial charge in [0.05, 0.1) is 6.54 Å². The Labute approximate surface area is 45.2 Å². The lowest BCUT2D eigenvalue weighted by atomic mass is 10.4. The van der Waals surface area contributed by atoms with E-state index in [1.165, 1.54) is 0 Å². The highest BCUT2D eigenvalue weighted by Gasteiger charge is 2.01. The predicted molar refractivity (Wildman–Crippen MR) is 23.9 cm³/mol. The number of isocyanates is 1. The summed E-state index contributed by atoms with van der Waals surface area (Å²) in [7, 11) is 0. The van der Waals surface area contributed by atoms with Gasteiger partial charge < -0.3 is 0 Å². The smallest absolute Gasteiger partial charge is 0.235 e. The molecule has 8 heavy (non-hydrogen) atoms. The van der Waals surface area contributed by atoms with E-state index in [9.17, 15) is 13.6 Å². The van der Waals surface area contributed by atoms with Crippen LogP contribution in [0.3, 0.4) is 0 Å². The van der Waals surface area contributed by atoms with Crippen LogP contribution in [-0.2, 0) is 4.79 Å². The third-order valence-corrected chi connectivity index (χ3v) is 0.521. The molecule has 1 unspecified atom stereocenters. The number of nitrogens with zero attached hydrogens (tertiary/aromatic N) is 1. The highest BCUT2D eigenvalue weighted by molar-refractivity contribution is 5.32. The van der Waals surface area contributed by atoms with Crippen LogP contribution >= 0.6 is 0 Å². The van der Waals surface area contributed by atoms with E-state index in [0.717, 1.165) is 6.08 Å². The Kier molecular flexibility index (Phi) is 3.98. The van der Waals surface area contributed by atoms with Gasteiger partial charge in [-0.2, -0.15) is 0 Å². The highest BCUT2D eigenvalue weighted by Crippen LogP contribution is 1.90. The molecule has 0 aliphatic carbocycles. The van der Waals surface area contributed by atoms with Crippen molar-refractivity contribution < 1.29 is 13.6 Å². The fourth-order valence-corrected chi connectivity index (χ4v) is 0.185. The van der Waals surface area contributed by atoms with E-state index in [1.807, 2.05) is 0 Å². The molecule has 0 heterocycles. The van der Waals surface area contributed by atoms with Crippen molar-refractivity contribution in [3.63, 3.8) is 0 Å². The zero-order valence-electron chi connectivity index (χ0n) is 4.10. The number of halogens is 2. The van der Waals surface area contributed by atoms with E-state index in [1.54, 1.807) is 0 Å². The first kappa shape index (κ1) is 7.24. The summed E-state index contributed by atoms with van der Waals surface area (Å²) in [4.78, 5) is 12.1. The monoisotopic (exact) mass is 121 g/mol. The lowest BCUT2D eigenvalue weighted by molar-refractivity contribution is 0.268. The second-order valence-electron chi connectivity index (χ2n) is 1.18. The molecule has 0 radical (unpaired) electrons. The molecule has 0 saturated heterocycles. The van der Waals surface area contributed by atoms with Crippen molar-refractivity contribution in [3.8, 4) is 0 Å². The van der Waals surface area contributed by atoms with E-state index >= 15 is 0 Å². The summed E-state index contributed by atoms with van der Waals surface area (Å²) in [5.41, 5.74) is 0. The molecule has 0 rings (SSSR count). The summed E-state index contributed by atoms with van der Waals surface area (Å²) in [6.07, 6.45) is -0.541. The maximum atomic E-state index is 11.7. The number of hydrogen-bond acceptors (Lipinski definition) is 2. The zero-order valence-corrected chi connectivity index (χ0v) is 4.10. The molecule has 0 spiro atoms. The second kappa shape index (κ2) is 4.40. The van der Waals surface area contributed by atoms with Crippen LogP contribution in [0, 0.1) is 0 Å². The first-order valence-corrected chi connectivity index (χ1v) is 2.05. The van der Waals surface area contributed by atoms with Crippen LogP contribution < -0.4 is 0 Å². The van der Waals surface area contributed by atoms with Crippen molar-refractivity contribution in [2.75, 3.05) is 13.2 Å². The largest absolute Gasteiger partial charge is 0.248 e. The molecule has 0 aliphatic heterocycles. The maximum absolute atomic E-state index is 11.7. The molecule has 2 nitrogen and oxygen atoms in total. The number of carbonyl (C=O) groups excluding carboxylic acids is 1. The van der Waals surface area contributed by atoms with Gasteiger partial charge in [-0.25, -0.2) is 18.6 Å². The maximum Gasteiger partial charge on any atom is 0.235 e. The summed E-state index contributed by atoms with van der Waals surface area (Å²) in [6, 6.07) is 0. The average Bonchev–Trinajstić information content (AvgIpc) is 1.83. The van der Waals surface area contributed by atoms with Crippen molar-refractivity contribution in [1.29, 1.82) is 0 Å². The van der Waals surface area contributed by atoms with E-state index in [2.05, 4.69) is 4.99 Å². The van der Waals surface area contributed by atoms with Crippen molar-refractivity contribution >= 4 is 6.08 Å². The molecule has 0 bridgehead atoms. The van der Waals surface area contributed by atoms with E-state index in [-0.39, 0.29) is 0 Å². The normalized spacial score (nSPS) is 12.2. The van der Waals surface area contributed by atoms with Crippen LogP contribution in [0.2, 0.25) is 0 Å². The molecule has 0 saturated carbocycles. The summed E-state index contributed by atoms with van der Waals surface area (Å²) in [6.45, 7) is -1.51. The van der Waals surface area contributed by atoms with Crippen molar-refractivity contribution in [2.45, 2.75) is 6.17 Å². The molecule has 0 N–H and O–H groups in total. The fraction of sp³-hybridized carbons (Fsp3) is 0.750. The van der Waals surface area contributed by atoms with Gasteiger partial charge in [-0.15, -0.1) is 0 Å². The third-order valence-electron chi connectivity index (χ3n) is 0.521. The summed E-state index contributed by atoms with van der Waals surface area (Å²) in [5, 5.41) is 0. The van der Waals surface area contributed by atoms with Gasteiger partial charge in [-0.05, 0) is 0 Å². The van der Waals surface area contributed by atoms with E-state index in [0.29, 0.717) is 0 Å². The fourth-order valence-electron chi connectivity index (χ4n) is 0.185. The minimum atomic E-state index is -1.64. The molecule has 0 aromatic heterocycles. The third kappa shape index (κ3) is 3.43. The number of alkyl halides is 2. The molecular weight excluding hydrogens is 116 g/mol. The second-order valence-corrected chi connectivity index (χ2v) is 1.18. The highest BCUT2D eigenvalue weighted by atomic mass is 19.2.